The van der Waals surface area contributed by atoms with Crippen molar-refractivity contribution in [3.05, 3.63) is 77.0 Å². The van der Waals surface area contributed by atoms with Crippen molar-refractivity contribution in [1.29, 1.82) is 0 Å². The van der Waals surface area contributed by atoms with Gasteiger partial charge in [0.1, 0.15) is 11.3 Å². The summed E-state index contributed by atoms with van der Waals surface area (Å²) < 4.78 is 14.7. The quantitative estimate of drug-likeness (QED) is 0.455. The Bertz CT molecular complexity index is 1160. The minimum absolute atomic E-state index is 0.0345. The molecule has 31 heavy (non-hydrogen) atoms. The van der Waals surface area contributed by atoms with Crippen molar-refractivity contribution in [1.82, 2.24) is 9.88 Å². The molecule has 1 aliphatic rings. The van der Waals surface area contributed by atoms with E-state index in [1.807, 2.05) is 55.1 Å². The molecule has 160 valence electrons. The second kappa shape index (κ2) is 9.24. The van der Waals surface area contributed by atoms with Crippen molar-refractivity contribution < 1.29 is 9.18 Å². The van der Waals surface area contributed by atoms with Crippen LogP contribution >= 0.6 is 23.1 Å². The Balaban J connectivity index is 1.49. The van der Waals surface area contributed by atoms with Crippen molar-refractivity contribution in [3.8, 4) is 0 Å². The third-order valence-corrected chi connectivity index (χ3v) is 7.19. The maximum absolute atomic E-state index is 13.9. The molecule has 0 bridgehead atoms. The number of benzene rings is 2. The summed E-state index contributed by atoms with van der Waals surface area (Å²) in [7, 11) is 0. The fourth-order valence-corrected chi connectivity index (χ4v) is 5.46. The van der Waals surface area contributed by atoms with E-state index in [1.165, 1.54) is 29.2 Å². The Morgan fingerprint density at radius 3 is 2.71 bits per heavy atom. The molecular weight excluding hydrogens is 429 g/mol. The van der Waals surface area contributed by atoms with E-state index in [2.05, 4.69) is 16.9 Å². The molecule has 2 aromatic carbocycles. The van der Waals surface area contributed by atoms with E-state index in [-0.39, 0.29) is 17.8 Å². The summed E-state index contributed by atoms with van der Waals surface area (Å²) in [6, 6.07) is 15.0. The summed E-state index contributed by atoms with van der Waals surface area (Å²) in [5.41, 5.74) is 2.14. The largest absolute Gasteiger partial charge is 0.357 e. The number of carbonyl (C=O) groups is 1. The Morgan fingerprint density at radius 2 is 2.00 bits per heavy atom. The first-order valence-corrected chi connectivity index (χ1v) is 11.8. The lowest BCUT2D eigenvalue weighted by Gasteiger charge is -2.20. The van der Waals surface area contributed by atoms with Gasteiger partial charge < -0.3 is 10.2 Å². The maximum Gasteiger partial charge on any atom is 0.250 e. The van der Waals surface area contributed by atoms with Crippen LogP contribution in [-0.4, -0.2) is 34.9 Å². The van der Waals surface area contributed by atoms with Crippen molar-refractivity contribution in [2.45, 2.75) is 26.3 Å². The average molecular weight is 454 g/mol. The average Bonchev–Trinajstić information content (AvgIpc) is 3.39. The fourth-order valence-electron chi connectivity index (χ4n) is 3.66. The fraction of sp³-hybridized carbons (Fsp3) is 0.250. The van der Waals surface area contributed by atoms with Crippen LogP contribution in [0.5, 0.6) is 0 Å². The van der Waals surface area contributed by atoms with Crippen LogP contribution in [-0.2, 0) is 4.79 Å². The van der Waals surface area contributed by atoms with Gasteiger partial charge in [0, 0.05) is 29.6 Å². The molecule has 1 fully saturated rings. The highest BCUT2D eigenvalue weighted by molar-refractivity contribution is 8.11. The van der Waals surface area contributed by atoms with Crippen molar-refractivity contribution in [2.75, 3.05) is 18.4 Å². The molecule has 1 saturated heterocycles. The Morgan fingerprint density at radius 1 is 1.23 bits per heavy atom. The number of fused-ring (bicyclic) bond motifs is 1. The normalized spacial score (nSPS) is 17.0. The number of aromatic nitrogens is 1. The topological polar surface area (TPSA) is 45.2 Å². The first kappa shape index (κ1) is 21.6. The number of nitrogens with one attached hydrogen (secondary N) is 1. The van der Waals surface area contributed by atoms with E-state index < -0.39 is 0 Å². The van der Waals surface area contributed by atoms with Gasteiger partial charge >= 0.3 is 0 Å². The number of allylic oxidation sites excluding steroid dienone is 1. The van der Waals surface area contributed by atoms with E-state index in [4.69, 9.17) is 0 Å². The van der Waals surface area contributed by atoms with E-state index in [9.17, 15) is 9.18 Å². The molecule has 1 unspecified atom stereocenters. The number of carbonyl (C=O) groups excluding carboxylic acids is 1. The summed E-state index contributed by atoms with van der Waals surface area (Å²) in [5, 5.41) is 4.08. The number of para-hydroxylation sites is 1. The SMILES string of the molecule is C=C(C)S/C(=C(\C)C(=O)N1CCC(Nc2nc3c(F)cccc3s2)C1)c1ccccc1. The standard InChI is InChI=1S/C24H24FN3OS2/c1-15(2)30-22(17-8-5-4-6-9-17)16(3)23(29)28-13-12-18(14-28)26-24-27-21-19(25)10-7-11-20(21)31-24/h4-11,18H,1,12-14H2,2-3H3,(H,26,27)/b22-16+. The maximum atomic E-state index is 13.9. The van der Waals surface area contributed by atoms with Gasteiger partial charge in [0.15, 0.2) is 5.13 Å². The Kier molecular flexibility index (Phi) is 6.43. The first-order valence-electron chi connectivity index (χ1n) is 10.1. The molecule has 1 aliphatic heterocycles. The molecule has 0 spiro atoms. The number of halogens is 1. The number of hydrogen-bond acceptors (Lipinski definition) is 5. The summed E-state index contributed by atoms with van der Waals surface area (Å²) in [4.78, 5) is 21.4. The van der Waals surface area contributed by atoms with E-state index >= 15 is 0 Å². The van der Waals surface area contributed by atoms with Crippen molar-refractivity contribution in [2.24, 2.45) is 0 Å². The molecular formula is C24H24FN3OS2. The number of nitrogens with zero attached hydrogens (tertiary/aromatic N) is 2. The highest BCUT2D eigenvalue weighted by Gasteiger charge is 2.29. The van der Waals surface area contributed by atoms with E-state index in [1.54, 1.807) is 6.07 Å². The summed E-state index contributed by atoms with van der Waals surface area (Å²) >= 11 is 2.97. The lowest BCUT2D eigenvalue weighted by Crippen LogP contribution is -2.32. The Labute approximate surface area is 189 Å². The van der Waals surface area contributed by atoms with Crippen molar-refractivity contribution >= 4 is 49.3 Å². The molecule has 0 saturated carbocycles. The number of amides is 1. The van der Waals surface area contributed by atoms with Gasteiger partial charge in [-0.1, -0.05) is 66.1 Å². The minimum Gasteiger partial charge on any atom is -0.357 e. The van der Waals surface area contributed by atoms with Gasteiger partial charge in [0.25, 0.3) is 5.91 Å². The highest BCUT2D eigenvalue weighted by atomic mass is 32.2. The molecule has 1 amide bonds. The number of rotatable bonds is 6. The van der Waals surface area contributed by atoms with Gasteiger partial charge in [0.2, 0.25) is 0 Å². The van der Waals surface area contributed by atoms with E-state index in [0.29, 0.717) is 23.7 Å². The second-order valence-corrected chi connectivity index (χ2v) is 9.95. The zero-order chi connectivity index (χ0) is 22.0. The highest BCUT2D eigenvalue weighted by Crippen LogP contribution is 2.36. The van der Waals surface area contributed by atoms with Gasteiger partial charge in [0.05, 0.1) is 4.70 Å². The molecule has 0 radical (unpaired) electrons. The zero-order valence-corrected chi connectivity index (χ0v) is 19.2. The molecule has 1 aromatic heterocycles. The minimum atomic E-state index is -0.311. The molecule has 2 heterocycles. The van der Waals surface area contributed by atoms with Crippen LogP contribution in [0.15, 0.2) is 65.6 Å². The predicted molar refractivity (Wildman–Crippen MR) is 130 cm³/mol. The molecule has 3 aromatic rings. The van der Waals surface area contributed by atoms with Crippen LogP contribution in [0.2, 0.25) is 0 Å². The third kappa shape index (κ3) is 4.83. The number of anilines is 1. The number of thioether (sulfide) groups is 1. The zero-order valence-electron chi connectivity index (χ0n) is 17.5. The number of likely N-dealkylation sites (tertiary alicyclic amines) is 1. The lowest BCUT2D eigenvalue weighted by molar-refractivity contribution is -0.126. The van der Waals surface area contributed by atoms with Crippen LogP contribution in [0.25, 0.3) is 15.1 Å². The Hall–Kier alpha value is -2.64. The van der Waals surface area contributed by atoms with Crippen LogP contribution < -0.4 is 5.32 Å². The van der Waals surface area contributed by atoms with E-state index in [0.717, 1.165) is 32.1 Å². The first-order chi connectivity index (χ1) is 14.9. The monoisotopic (exact) mass is 453 g/mol. The lowest BCUT2D eigenvalue weighted by atomic mass is 10.1. The molecule has 0 aliphatic carbocycles. The van der Waals surface area contributed by atoms with Gasteiger partial charge in [-0.25, -0.2) is 9.37 Å². The van der Waals surface area contributed by atoms with Gasteiger partial charge in [-0.3, -0.25) is 4.79 Å². The predicted octanol–water partition coefficient (Wildman–Crippen LogP) is 6.15. The van der Waals surface area contributed by atoms with Gasteiger partial charge in [-0.2, -0.15) is 0 Å². The summed E-state index contributed by atoms with van der Waals surface area (Å²) in [5.74, 6) is -0.276. The van der Waals surface area contributed by atoms with Gasteiger partial charge in [-0.05, 0) is 42.9 Å². The number of hydrogen-bond donors (Lipinski definition) is 1. The van der Waals surface area contributed by atoms with Gasteiger partial charge in [-0.15, -0.1) is 0 Å². The molecule has 4 rings (SSSR count). The summed E-state index contributed by atoms with van der Waals surface area (Å²) in [6.45, 7) is 9.10. The summed E-state index contributed by atoms with van der Waals surface area (Å²) in [6.07, 6.45) is 0.825. The smallest absolute Gasteiger partial charge is 0.250 e. The molecule has 1 N–H and O–H groups in total. The van der Waals surface area contributed by atoms with Crippen LogP contribution in [0.4, 0.5) is 9.52 Å². The van der Waals surface area contributed by atoms with Crippen molar-refractivity contribution in [3.63, 3.8) is 0 Å². The van der Waals surface area contributed by atoms with Crippen LogP contribution in [0, 0.1) is 5.82 Å². The molecule has 1 atom stereocenters. The third-order valence-electron chi connectivity index (χ3n) is 5.15. The van der Waals surface area contributed by atoms with Crippen LogP contribution in [0.3, 0.4) is 0 Å². The number of thiazole rings is 1. The molecule has 7 heteroatoms. The molecule has 4 nitrogen and oxygen atoms in total. The van der Waals surface area contributed by atoms with Crippen LogP contribution in [0.1, 0.15) is 25.8 Å². The second-order valence-electron chi connectivity index (χ2n) is 7.61.